The van der Waals surface area contributed by atoms with Gasteiger partial charge in [-0.15, -0.1) is 0 Å². The molecular formula is C76H135NO10. The molecule has 1 fully saturated rings. The summed E-state index contributed by atoms with van der Waals surface area (Å²) in [7, 11) is 0. The number of rotatable bonds is 62. The number of hydrogen-bond donors (Lipinski definition) is 6. The van der Waals surface area contributed by atoms with Crippen LogP contribution in [0.25, 0.3) is 0 Å². The van der Waals surface area contributed by atoms with Gasteiger partial charge in [-0.3, -0.25) is 9.59 Å². The number of carbonyl (C=O) groups is 2. The van der Waals surface area contributed by atoms with Crippen LogP contribution in [-0.4, -0.2) is 99.6 Å². The van der Waals surface area contributed by atoms with E-state index in [-0.39, 0.29) is 13.0 Å². The molecule has 1 aliphatic heterocycles. The van der Waals surface area contributed by atoms with E-state index in [0.717, 1.165) is 103 Å². The van der Waals surface area contributed by atoms with Gasteiger partial charge in [-0.25, -0.2) is 0 Å². The maximum atomic E-state index is 13.5. The Kier molecular flexibility index (Phi) is 59.3. The first-order valence-electron chi connectivity index (χ1n) is 36.4. The van der Waals surface area contributed by atoms with Crippen molar-refractivity contribution in [2.45, 2.75) is 372 Å². The summed E-state index contributed by atoms with van der Waals surface area (Å²) in [5, 5.41) is 57.3. The molecule has 11 nitrogen and oxygen atoms in total. The van der Waals surface area contributed by atoms with Crippen molar-refractivity contribution in [3.05, 3.63) is 85.1 Å². The number of aliphatic hydroxyl groups is 5. The van der Waals surface area contributed by atoms with Crippen molar-refractivity contribution in [3.8, 4) is 0 Å². The lowest BCUT2D eigenvalue weighted by Gasteiger charge is -2.41. The fourth-order valence-electron chi connectivity index (χ4n) is 11.1. The second-order valence-electron chi connectivity index (χ2n) is 24.9. The van der Waals surface area contributed by atoms with Crippen molar-refractivity contribution < 1.29 is 49.3 Å². The van der Waals surface area contributed by atoms with E-state index in [1.165, 1.54) is 173 Å². The van der Waals surface area contributed by atoms with Crippen molar-refractivity contribution in [1.29, 1.82) is 0 Å². The predicted octanol–water partition coefficient (Wildman–Crippen LogP) is 18.8. The summed E-state index contributed by atoms with van der Waals surface area (Å²) in [5.41, 5.74) is 0. The molecule has 0 saturated carbocycles. The number of nitrogens with one attached hydrogen (secondary N) is 1. The van der Waals surface area contributed by atoms with E-state index in [0.29, 0.717) is 19.3 Å². The summed E-state index contributed by atoms with van der Waals surface area (Å²) in [6, 6.07) is -1.03. The average molecular weight is 1220 g/mol. The van der Waals surface area contributed by atoms with Gasteiger partial charge >= 0.3 is 5.97 Å². The third-order valence-electron chi connectivity index (χ3n) is 16.8. The fourth-order valence-corrected chi connectivity index (χ4v) is 11.1. The molecule has 504 valence electrons. The third kappa shape index (κ3) is 50.2. The highest BCUT2D eigenvalue weighted by Crippen LogP contribution is 2.26. The van der Waals surface area contributed by atoms with Gasteiger partial charge in [0.05, 0.1) is 25.4 Å². The maximum Gasteiger partial charge on any atom is 0.306 e. The predicted molar refractivity (Wildman–Crippen MR) is 366 cm³/mol. The minimum Gasteiger partial charge on any atom is -0.454 e. The zero-order valence-electron chi connectivity index (χ0n) is 56.1. The van der Waals surface area contributed by atoms with Crippen LogP contribution in [-0.2, 0) is 23.8 Å². The Morgan fingerprint density at radius 3 is 1.25 bits per heavy atom. The van der Waals surface area contributed by atoms with E-state index in [4.69, 9.17) is 14.2 Å². The molecule has 8 atom stereocenters. The summed E-state index contributed by atoms with van der Waals surface area (Å²) < 4.78 is 17.7. The van der Waals surface area contributed by atoms with Crippen molar-refractivity contribution in [1.82, 2.24) is 5.32 Å². The highest BCUT2D eigenvalue weighted by molar-refractivity contribution is 5.80. The van der Waals surface area contributed by atoms with E-state index < -0.39 is 67.4 Å². The highest BCUT2D eigenvalue weighted by atomic mass is 16.7. The summed E-state index contributed by atoms with van der Waals surface area (Å²) in [5.74, 6) is -1.20. The molecule has 1 saturated heterocycles. The van der Waals surface area contributed by atoms with Gasteiger partial charge in [-0.1, -0.05) is 305 Å². The quantitative estimate of drug-likeness (QED) is 0.0195. The molecule has 1 aliphatic rings. The van der Waals surface area contributed by atoms with Crippen LogP contribution in [0.15, 0.2) is 85.1 Å². The van der Waals surface area contributed by atoms with Crippen LogP contribution in [0.2, 0.25) is 0 Å². The Labute approximate surface area is 533 Å². The lowest BCUT2D eigenvalue weighted by Crippen LogP contribution is -2.61. The van der Waals surface area contributed by atoms with Gasteiger partial charge in [-0.2, -0.15) is 0 Å². The number of carbonyl (C=O) groups excluding carboxylic acids is 2. The van der Waals surface area contributed by atoms with Gasteiger partial charge in [0.1, 0.15) is 24.4 Å². The molecule has 0 aliphatic carbocycles. The van der Waals surface area contributed by atoms with Crippen LogP contribution in [0, 0.1) is 0 Å². The highest BCUT2D eigenvalue weighted by Gasteiger charge is 2.47. The smallest absolute Gasteiger partial charge is 0.306 e. The van der Waals surface area contributed by atoms with Crippen LogP contribution in [0.3, 0.4) is 0 Å². The van der Waals surface area contributed by atoms with Gasteiger partial charge in [0.15, 0.2) is 12.4 Å². The first-order chi connectivity index (χ1) is 42.7. The number of allylic oxidation sites excluding steroid dienone is 13. The molecule has 0 spiro atoms. The summed E-state index contributed by atoms with van der Waals surface area (Å²) in [6.07, 6.45) is 73.4. The molecule has 1 rings (SSSR count). The van der Waals surface area contributed by atoms with E-state index >= 15 is 0 Å². The lowest BCUT2D eigenvalue weighted by molar-refractivity contribution is -0.305. The van der Waals surface area contributed by atoms with E-state index in [2.05, 4.69) is 99.0 Å². The zero-order chi connectivity index (χ0) is 63.1. The summed E-state index contributed by atoms with van der Waals surface area (Å²) in [6.45, 7) is 5.70. The number of amides is 1. The average Bonchev–Trinajstić information content (AvgIpc) is 3.12. The first kappa shape index (κ1) is 81.9. The van der Waals surface area contributed by atoms with Gasteiger partial charge in [0.2, 0.25) is 5.91 Å². The van der Waals surface area contributed by atoms with E-state index in [1.54, 1.807) is 6.08 Å². The SMILES string of the molecule is CC/C=C\C/C=C\C/C=C\C/C=C\C/C=C\CCCCCCCCCCCC(=O)OC1C(OCC(NC(=O)C(O)CCCCCCCCCCCCCC/C=C/CCCCCCCC)C(O)/C=C/CCCCCCCCCCC)OC(CO)C(O)C1O. The molecule has 87 heavy (non-hydrogen) atoms. The van der Waals surface area contributed by atoms with Crippen LogP contribution >= 0.6 is 0 Å². The number of aliphatic hydroxyl groups excluding tert-OH is 5. The lowest BCUT2D eigenvalue weighted by atomic mass is 9.99. The first-order valence-corrected chi connectivity index (χ1v) is 36.4. The van der Waals surface area contributed by atoms with Crippen LogP contribution in [0.4, 0.5) is 0 Å². The fraction of sp³-hybridized carbons (Fsp3) is 0.789. The van der Waals surface area contributed by atoms with E-state index in [9.17, 15) is 35.1 Å². The monoisotopic (exact) mass is 1220 g/mol. The Bertz CT molecular complexity index is 1740. The number of unbranched alkanes of at least 4 members (excludes halogenated alkanes) is 36. The molecule has 0 aromatic rings. The molecular weight excluding hydrogens is 1090 g/mol. The molecule has 8 unspecified atom stereocenters. The van der Waals surface area contributed by atoms with E-state index in [1.807, 2.05) is 6.08 Å². The molecule has 0 aromatic heterocycles. The molecule has 0 aromatic carbocycles. The van der Waals surface area contributed by atoms with Crippen LogP contribution in [0.1, 0.15) is 323 Å². The maximum absolute atomic E-state index is 13.5. The second-order valence-corrected chi connectivity index (χ2v) is 24.9. The van der Waals surface area contributed by atoms with Gasteiger partial charge in [0, 0.05) is 6.42 Å². The Morgan fingerprint density at radius 1 is 0.460 bits per heavy atom. The number of hydrogen-bond acceptors (Lipinski definition) is 10. The Balaban J connectivity index is 2.54. The number of ether oxygens (including phenoxy) is 3. The number of esters is 1. The molecule has 1 heterocycles. The van der Waals surface area contributed by atoms with Crippen molar-refractivity contribution in [2.75, 3.05) is 13.2 Å². The molecule has 11 heteroatoms. The molecule has 0 radical (unpaired) electrons. The van der Waals surface area contributed by atoms with Gasteiger partial charge in [-0.05, 0) is 96.3 Å². The minimum absolute atomic E-state index is 0.114. The largest absolute Gasteiger partial charge is 0.454 e. The normalized spacial score (nSPS) is 18.7. The second kappa shape index (κ2) is 63.0. The van der Waals surface area contributed by atoms with Gasteiger partial charge < -0.3 is 45.1 Å². The Hall–Kier alpha value is -3.16. The molecule has 1 amide bonds. The van der Waals surface area contributed by atoms with Crippen LogP contribution < -0.4 is 5.32 Å². The van der Waals surface area contributed by atoms with Crippen LogP contribution in [0.5, 0.6) is 0 Å². The molecule has 0 bridgehead atoms. The zero-order valence-corrected chi connectivity index (χ0v) is 56.1. The Morgan fingerprint density at radius 2 is 0.828 bits per heavy atom. The van der Waals surface area contributed by atoms with Crippen molar-refractivity contribution in [2.24, 2.45) is 0 Å². The van der Waals surface area contributed by atoms with Gasteiger partial charge in [0.25, 0.3) is 0 Å². The third-order valence-corrected chi connectivity index (χ3v) is 16.8. The standard InChI is InChI=1S/C76H135NO10/c1-4-7-10-13-16-19-22-24-26-28-30-32-34-35-36-38-40-42-44-46-49-52-55-58-61-64-71(81)87-74-73(83)72(82)70(65-78)86-76(74)85-66-67(68(79)62-59-56-53-50-47-21-18-15-12-9-6-3)77-75(84)69(80)63-60-57-54-51-48-45-43-41-39-37-33-31-29-27-25-23-20-17-14-11-8-5-2/h7,10,16,19,24-27,30,32,35-36,59,62,67-70,72-74,76,78-80,82-83H,4-6,8-9,11-15,17-18,20-23,28-29,31,33-34,37-58,60-61,63-66H2,1-3H3,(H,77,84)/b10-7-,19-16-,26-24-,27-25+,32-30-,36-35-,62-59+. The summed E-state index contributed by atoms with van der Waals surface area (Å²) >= 11 is 0. The topological polar surface area (TPSA) is 175 Å². The minimum atomic E-state index is -1.62. The summed E-state index contributed by atoms with van der Waals surface area (Å²) in [4.78, 5) is 26.7. The molecule has 6 N–H and O–H groups in total. The van der Waals surface area contributed by atoms with Crippen molar-refractivity contribution >= 4 is 11.9 Å². The van der Waals surface area contributed by atoms with Crippen molar-refractivity contribution in [3.63, 3.8) is 0 Å².